The average Bonchev–Trinajstić information content (AvgIpc) is 2.81. The maximum Gasteiger partial charge on any atom is 0.405 e. The first-order chi connectivity index (χ1) is 8.73. The van der Waals surface area contributed by atoms with Crippen LogP contribution < -0.4 is 5.73 Å². The Morgan fingerprint density at radius 3 is 2.58 bits per heavy atom. The number of piperidine rings is 1. The summed E-state index contributed by atoms with van der Waals surface area (Å²) in [6.45, 7) is -0.301. The van der Waals surface area contributed by atoms with Crippen molar-refractivity contribution in [2.24, 2.45) is 5.73 Å². The van der Waals surface area contributed by atoms with Crippen molar-refractivity contribution in [3.05, 3.63) is 17.5 Å². The van der Waals surface area contributed by atoms with Gasteiger partial charge in [0.05, 0.1) is 0 Å². The molecule has 1 aromatic heterocycles. The molecule has 108 valence electrons. The summed E-state index contributed by atoms with van der Waals surface area (Å²) in [6, 6.07) is 0.241. The maximum atomic E-state index is 12.9. The zero-order valence-corrected chi connectivity index (χ0v) is 11.4. The van der Waals surface area contributed by atoms with Crippen molar-refractivity contribution >= 4 is 21.4 Å². The molecule has 0 aliphatic carbocycles. The van der Waals surface area contributed by atoms with Crippen LogP contribution >= 0.6 is 11.3 Å². The molecule has 0 aromatic carbocycles. The van der Waals surface area contributed by atoms with E-state index in [-0.39, 0.29) is 23.6 Å². The Bertz CT molecular complexity index is 527. The van der Waals surface area contributed by atoms with Crippen LogP contribution in [0.1, 0.15) is 12.8 Å². The first-order valence-electron chi connectivity index (χ1n) is 5.60. The summed E-state index contributed by atoms with van der Waals surface area (Å²) in [4.78, 5) is 0. The van der Waals surface area contributed by atoms with Crippen LogP contribution in [0, 0.1) is 0 Å². The molecule has 9 heteroatoms. The Kier molecular flexibility index (Phi) is 3.92. The van der Waals surface area contributed by atoms with Gasteiger partial charge in [0.1, 0.15) is 10.3 Å². The number of halogens is 3. The van der Waals surface area contributed by atoms with Crippen LogP contribution in [-0.2, 0) is 10.0 Å². The van der Waals surface area contributed by atoms with Crippen molar-refractivity contribution < 1.29 is 21.6 Å². The van der Waals surface area contributed by atoms with Gasteiger partial charge in [-0.15, -0.1) is 11.3 Å². The summed E-state index contributed by atoms with van der Waals surface area (Å²) in [7, 11) is -4.13. The number of hydrogen-bond donors (Lipinski definition) is 1. The molecular formula is C10H13F3N2O2S2. The van der Waals surface area contributed by atoms with E-state index < -0.39 is 28.3 Å². The van der Waals surface area contributed by atoms with Crippen LogP contribution in [0.5, 0.6) is 0 Å². The average molecular weight is 314 g/mol. The molecule has 1 saturated heterocycles. The molecular weight excluding hydrogens is 301 g/mol. The molecule has 1 aromatic rings. The predicted octanol–water partition coefficient (Wildman–Crippen LogP) is 1.79. The normalized spacial score (nSPS) is 26.5. The second kappa shape index (κ2) is 5.04. The van der Waals surface area contributed by atoms with Crippen molar-refractivity contribution in [1.82, 2.24) is 4.31 Å². The van der Waals surface area contributed by atoms with E-state index >= 15 is 0 Å². The number of nitrogens with two attached hydrogens (primary N) is 1. The Hall–Kier alpha value is -0.640. The van der Waals surface area contributed by atoms with Crippen LogP contribution in [0.15, 0.2) is 21.7 Å². The number of alkyl halides is 3. The van der Waals surface area contributed by atoms with Gasteiger partial charge in [-0.25, -0.2) is 8.42 Å². The zero-order chi connectivity index (χ0) is 14.3. The first-order valence-corrected chi connectivity index (χ1v) is 7.92. The van der Waals surface area contributed by atoms with Crippen molar-refractivity contribution in [2.75, 3.05) is 6.54 Å². The predicted molar refractivity (Wildman–Crippen MR) is 65.3 cm³/mol. The Morgan fingerprint density at radius 1 is 1.37 bits per heavy atom. The highest BCUT2D eigenvalue weighted by Crippen LogP contribution is 2.35. The number of thiophene rings is 1. The fourth-order valence-electron chi connectivity index (χ4n) is 2.08. The minimum absolute atomic E-state index is 0.0872. The van der Waals surface area contributed by atoms with Crippen LogP contribution in [0.2, 0.25) is 0 Å². The summed E-state index contributed by atoms with van der Waals surface area (Å²) in [5.41, 5.74) is 5.61. The largest absolute Gasteiger partial charge is 0.405 e. The van der Waals surface area contributed by atoms with Gasteiger partial charge < -0.3 is 5.73 Å². The Balaban J connectivity index is 2.38. The van der Waals surface area contributed by atoms with Crippen LogP contribution in [0.3, 0.4) is 0 Å². The molecule has 1 aliphatic rings. The van der Waals surface area contributed by atoms with E-state index in [1.54, 1.807) is 0 Å². The van der Waals surface area contributed by atoms with Gasteiger partial charge in [0.25, 0.3) is 10.0 Å². The molecule has 1 aliphatic heterocycles. The maximum absolute atomic E-state index is 12.9. The molecule has 0 bridgehead atoms. The van der Waals surface area contributed by atoms with Crippen LogP contribution in [-0.4, -0.2) is 37.5 Å². The van der Waals surface area contributed by atoms with Gasteiger partial charge in [-0.1, -0.05) is 6.07 Å². The van der Waals surface area contributed by atoms with Gasteiger partial charge in [0.2, 0.25) is 0 Å². The highest BCUT2D eigenvalue weighted by molar-refractivity contribution is 7.91. The lowest BCUT2D eigenvalue weighted by atomic mass is 10.0. The highest BCUT2D eigenvalue weighted by Gasteiger charge is 2.50. The van der Waals surface area contributed by atoms with Gasteiger partial charge in [0.15, 0.2) is 0 Å². The van der Waals surface area contributed by atoms with E-state index in [4.69, 9.17) is 5.73 Å². The number of sulfonamides is 1. The van der Waals surface area contributed by atoms with Gasteiger partial charge in [-0.05, 0) is 24.3 Å². The fraction of sp³-hybridized carbons (Fsp3) is 0.600. The molecule has 2 atom stereocenters. The number of rotatable bonds is 2. The van der Waals surface area contributed by atoms with Crippen molar-refractivity contribution in [2.45, 2.75) is 35.3 Å². The smallest absolute Gasteiger partial charge is 0.327 e. The third kappa shape index (κ3) is 2.93. The van der Waals surface area contributed by atoms with Crippen molar-refractivity contribution in [3.63, 3.8) is 0 Å². The fourth-order valence-corrected chi connectivity index (χ4v) is 4.90. The molecule has 4 nitrogen and oxygen atoms in total. The van der Waals surface area contributed by atoms with Gasteiger partial charge in [-0.3, -0.25) is 0 Å². The second-order valence-corrected chi connectivity index (χ2v) is 7.47. The van der Waals surface area contributed by atoms with Crippen LogP contribution in [0.25, 0.3) is 0 Å². The molecule has 2 heterocycles. The molecule has 0 radical (unpaired) electrons. The lowest BCUT2D eigenvalue weighted by molar-refractivity contribution is -0.178. The summed E-state index contributed by atoms with van der Waals surface area (Å²) in [5.74, 6) is 0. The molecule has 2 N–H and O–H groups in total. The quantitative estimate of drug-likeness (QED) is 0.905. The van der Waals surface area contributed by atoms with E-state index in [9.17, 15) is 21.6 Å². The monoisotopic (exact) mass is 314 g/mol. The van der Waals surface area contributed by atoms with Gasteiger partial charge in [-0.2, -0.15) is 17.5 Å². The van der Waals surface area contributed by atoms with Crippen molar-refractivity contribution in [3.8, 4) is 0 Å². The standard InChI is InChI=1S/C10H13F3N2O2S2/c11-10(12,13)8-4-3-7(14)6-15(8)19(16,17)9-2-1-5-18-9/h1-2,5,7-8H,3-4,6,14H2/t7-,8+/m1/s1. The summed E-state index contributed by atoms with van der Waals surface area (Å²) in [5, 5.41) is 1.51. The zero-order valence-electron chi connectivity index (χ0n) is 9.80. The van der Waals surface area contributed by atoms with Gasteiger partial charge >= 0.3 is 6.18 Å². The summed E-state index contributed by atoms with van der Waals surface area (Å²) < 4.78 is 63.7. The lowest BCUT2D eigenvalue weighted by Gasteiger charge is -2.37. The molecule has 2 rings (SSSR count). The second-order valence-electron chi connectivity index (χ2n) is 4.40. The molecule has 0 amide bonds. The topological polar surface area (TPSA) is 63.4 Å². The minimum atomic E-state index is -4.58. The third-order valence-corrected chi connectivity index (χ3v) is 6.26. The molecule has 0 unspecified atom stereocenters. The van der Waals surface area contributed by atoms with E-state index in [2.05, 4.69) is 0 Å². The summed E-state index contributed by atoms with van der Waals surface area (Å²) >= 11 is 0.900. The Morgan fingerprint density at radius 2 is 2.05 bits per heavy atom. The van der Waals surface area contributed by atoms with Crippen LogP contribution in [0.4, 0.5) is 13.2 Å². The SMILES string of the molecule is N[C@@H]1CC[C@@H](C(F)(F)F)N(S(=O)(=O)c2cccs2)C1. The van der Waals surface area contributed by atoms with E-state index in [0.29, 0.717) is 4.31 Å². The number of nitrogens with zero attached hydrogens (tertiary/aromatic N) is 1. The van der Waals surface area contributed by atoms with E-state index in [1.807, 2.05) is 0 Å². The highest BCUT2D eigenvalue weighted by atomic mass is 32.2. The summed E-state index contributed by atoms with van der Waals surface area (Å²) in [6.07, 6.45) is -4.71. The lowest BCUT2D eigenvalue weighted by Crippen LogP contribution is -2.56. The van der Waals surface area contributed by atoms with Crippen molar-refractivity contribution in [1.29, 1.82) is 0 Å². The van der Waals surface area contributed by atoms with E-state index in [0.717, 1.165) is 11.3 Å². The third-order valence-electron chi connectivity index (χ3n) is 3.01. The number of hydrogen-bond acceptors (Lipinski definition) is 4. The first kappa shape index (κ1) is 14.8. The molecule has 1 fully saturated rings. The minimum Gasteiger partial charge on any atom is -0.327 e. The Labute approximate surface area is 113 Å². The van der Waals surface area contributed by atoms with E-state index in [1.165, 1.54) is 17.5 Å². The molecule has 0 spiro atoms. The van der Waals surface area contributed by atoms with Gasteiger partial charge in [0, 0.05) is 12.6 Å². The molecule has 0 saturated carbocycles. The molecule has 19 heavy (non-hydrogen) atoms.